The molecule has 3 rings (SSSR count). The highest BCUT2D eigenvalue weighted by Crippen LogP contribution is 2.39. The molecule has 2 amide bonds. The molecule has 5 nitrogen and oxygen atoms in total. The van der Waals surface area contributed by atoms with Gasteiger partial charge in [0.15, 0.2) is 0 Å². The largest absolute Gasteiger partial charge is 0.481 e. The van der Waals surface area contributed by atoms with Crippen molar-refractivity contribution in [3.63, 3.8) is 0 Å². The number of fused-ring (bicyclic) bond motifs is 1. The maximum Gasteiger partial charge on any atom is 0.326 e. The normalized spacial score (nSPS) is 19.2. The number of carbonyl (C=O) groups is 2. The number of para-hydroxylation sites is 1. The fraction of sp³-hybridized carbons (Fsp3) is 0.222. The Morgan fingerprint density at radius 3 is 2.56 bits per heavy atom. The van der Waals surface area contributed by atoms with E-state index >= 15 is 0 Å². The van der Waals surface area contributed by atoms with Crippen molar-refractivity contribution in [3.05, 3.63) is 58.1 Å². The lowest BCUT2D eigenvalue weighted by Crippen LogP contribution is -2.46. The minimum Gasteiger partial charge on any atom is -0.481 e. The molecule has 2 unspecified atom stereocenters. The Balaban J connectivity index is 1.92. The Morgan fingerprint density at radius 2 is 1.88 bits per heavy atom. The Hall–Kier alpha value is -2.24. The van der Waals surface area contributed by atoms with E-state index < -0.39 is 11.9 Å². The molecular weight excluding hydrogens is 363 g/mol. The van der Waals surface area contributed by atoms with Crippen LogP contribution in [0.3, 0.4) is 0 Å². The lowest BCUT2D eigenvalue weighted by molar-refractivity contribution is -0.139. The summed E-state index contributed by atoms with van der Waals surface area (Å²) in [5, 5.41) is 13.0. The zero-order chi connectivity index (χ0) is 18.1. The molecule has 2 aromatic rings. The molecule has 7 heteroatoms. The number of aliphatic carboxylic acids is 1. The first-order valence-corrected chi connectivity index (χ1v) is 8.51. The number of anilines is 2. The van der Waals surface area contributed by atoms with Gasteiger partial charge in [-0.25, -0.2) is 4.79 Å². The van der Waals surface area contributed by atoms with Crippen LogP contribution in [0.25, 0.3) is 0 Å². The Labute approximate surface area is 155 Å². The number of hydrogen-bond donors (Lipinski definition) is 2. The van der Waals surface area contributed by atoms with Gasteiger partial charge < -0.3 is 10.4 Å². The lowest BCUT2D eigenvalue weighted by Gasteiger charge is -2.37. The van der Waals surface area contributed by atoms with Gasteiger partial charge in [-0.2, -0.15) is 0 Å². The highest BCUT2D eigenvalue weighted by Gasteiger charge is 2.36. The number of carboxylic acids is 1. The molecule has 25 heavy (non-hydrogen) atoms. The average molecular weight is 379 g/mol. The number of carbonyl (C=O) groups excluding carboxylic acids is 1. The Morgan fingerprint density at radius 1 is 1.16 bits per heavy atom. The van der Waals surface area contributed by atoms with Gasteiger partial charge in [0.25, 0.3) is 0 Å². The molecule has 0 saturated heterocycles. The van der Waals surface area contributed by atoms with Crippen molar-refractivity contribution in [1.82, 2.24) is 0 Å². The first-order chi connectivity index (χ1) is 11.9. The zero-order valence-electron chi connectivity index (χ0n) is 13.4. The predicted molar refractivity (Wildman–Crippen MR) is 98.9 cm³/mol. The van der Waals surface area contributed by atoms with Crippen LogP contribution in [0.5, 0.6) is 0 Å². The molecule has 0 aromatic heterocycles. The predicted octanol–water partition coefficient (Wildman–Crippen LogP) is 4.99. The number of amides is 2. The average Bonchev–Trinajstić information content (AvgIpc) is 2.57. The number of carboxylic acid groups (broad SMARTS) is 1. The van der Waals surface area contributed by atoms with Crippen molar-refractivity contribution in [2.24, 2.45) is 0 Å². The molecule has 2 N–H and O–H groups in total. The van der Waals surface area contributed by atoms with E-state index in [1.54, 1.807) is 47.4 Å². The molecule has 1 aliphatic rings. The number of rotatable bonds is 2. The fourth-order valence-corrected chi connectivity index (χ4v) is 3.41. The lowest BCUT2D eigenvalue weighted by atomic mass is 9.86. The third-order valence-corrected chi connectivity index (χ3v) is 5.02. The van der Waals surface area contributed by atoms with Crippen molar-refractivity contribution in [2.45, 2.75) is 25.3 Å². The number of urea groups is 1. The van der Waals surface area contributed by atoms with Gasteiger partial charge in [0.1, 0.15) is 0 Å². The van der Waals surface area contributed by atoms with E-state index in [4.69, 9.17) is 23.2 Å². The quantitative estimate of drug-likeness (QED) is 0.772. The third-order valence-electron chi connectivity index (χ3n) is 4.28. The van der Waals surface area contributed by atoms with Gasteiger partial charge >= 0.3 is 12.0 Å². The van der Waals surface area contributed by atoms with E-state index in [2.05, 4.69) is 5.32 Å². The van der Waals surface area contributed by atoms with Gasteiger partial charge in [0.2, 0.25) is 0 Å². The smallest absolute Gasteiger partial charge is 0.326 e. The summed E-state index contributed by atoms with van der Waals surface area (Å²) in [7, 11) is 0. The highest BCUT2D eigenvalue weighted by molar-refractivity contribution is 6.42. The summed E-state index contributed by atoms with van der Waals surface area (Å²) in [5.41, 5.74) is 1.76. The van der Waals surface area contributed by atoms with Crippen LogP contribution in [-0.4, -0.2) is 23.1 Å². The van der Waals surface area contributed by atoms with Crippen LogP contribution in [0, 0.1) is 0 Å². The monoisotopic (exact) mass is 378 g/mol. The molecule has 0 aliphatic carbocycles. The van der Waals surface area contributed by atoms with Crippen LogP contribution in [0.2, 0.25) is 10.0 Å². The summed E-state index contributed by atoms with van der Waals surface area (Å²) in [6.07, 6.45) is 0.348. The van der Waals surface area contributed by atoms with E-state index in [0.29, 0.717) is 33.4 Å². The van der Waals surface area contributed by atoms with Gasteiger partial charge in [-0.15, -0.1) is 0 Å². The van der Waals surface area contributed by atoms with E-state index in [9.17, 15) is 14.7 Å². The summed E-state index contributed by atoms with van der Waals surface area (Å²) in [6, 6.07) is 11.3. The maximum absolute atomic E-state index is 12.8. The minimum absolute atomic E-state index is 0.265. The van der Waals surface area contributed by atoms with Crippen LogP contribution in [0.1, 0.15) is 24.8 Å². The summed E-state index contributed by atoms with van der Waals surface area (Å²) in [6.45, 7) is 1.83. The number of nitrogens with zero attached hydrogens (tertiary/aromatic N) is 1. The summed E-state index contributed by atoms with van der Waals surface area (Å²) < 4.78 is 0. The molecule has 1 aliphatic heterocycles. The second-order valence-electron chi connectivity index (χ2n) is 5.96. The number of hydrogen-bond acceptors (Lipinski definition) is 2. The molecule has 1 heterocycles. The van der Waals surface area contributed by atoms with Gasteiger partial charge in [0.05, 0.1) is 16.0 Å². The van der Waals surface area contributed by atoms with Crippen LogP contribution in [0.15, 0.2) is 42.5 Å². The summed E-state index contributed by atoms with van der Waals surface area (Å²) >= 11 is 11.9. The van der Waals surface area contributed by atoms with Gasteiger partial charge in [-0.3, -0.25) is 9.69 Å². The molecule has 2 aromatic carbocycles. The first kappa shape index (κ1) is 17.6. The molecule has 2 atom stereocenters. The van der Waals surface area contributed by atoms with Gasteiger partial charge in [-0.1, -0.05) is 41.4 Å². The second kappa shape index (κ2) is 6.94. The summed E-state index contributed by atoms with van der Waals surface area (Å²) in [5.74, 6) is -1.51. The molecule has 0 fully saturated rings. The molecule has 130 valence electrons. The van der Waals surface area contributed by atoms with Crippen molar-refractivity contribution < 1.29 is 14.7 Å². The third kappa shape index (κ3) is 3.43. The van der Waals surface area contributed by atoms with Crippen molar-refractivity contribution in [3.8, 4) is 0 Å². The number of halogens is 2. The van der Waals surface area contributed by atoms with Crippen molar-refractivity contribution in [1.29, 1.82) is 0 Å². The SMILES string of the molecule is CC1CC(C(=O)O)c2ccccc2N1C(=O)Nc1ccc(Cl)c(Cl)c1. The zero-order valence-corrected chi connectivity index (χ0v) is 14.9. The molecule has 0 radical (unpaired) electrons. The van der Waals surface area contributed by atoms with E-state index in [1.807, 2.05) is 6.92 Å². The van der Waals surface area contributed by atoms with Gasteiger partial charge in [0, 0.05) is 17.4 Å². The van der Waals surface area contributed by atoms with Crippen LogP contribution in [-0.2, 0) is 4.79 Å². The van der Waals surface area contributed by atoms with Gasteiger partial charge in [-0.05, 0) is 43.2 Å². The fourth-order valence-electron chi connectivity index (χ4n) is 3.11. The van der Waals surface area contributed by atoms with Crippen molar-refractivity contribution in [2.75, 3.05) is 10.2 Å². The number of benzene rings is 2. The maximum atomic E-state index is 12.8. The second-order valence-corrected chi connectivity index (χ2v) is 6.78. The van der Waals surface area contributed by atoms with Crippen LogP contribution >= 0.6 is 23.2 Å². The highest BCUT2D eigenvalue weighted by atomic mass is 35.5. The topological polar surface area (TPSA) is 69.6 Å². The van der Waals surface area contributed by atoms with E-state index in [0.717, 1.165) is 0 Å². The Bertz CT molecular complexity index is 841. The Kier molecular flexibility index (Phi) is 4.88. The van der Waals surface area contributed by atoms with Crippen LogP contribution in [0.4, 0.5) is 16.2 Å². The summed E-state index contributed by atoms with van der Waals surface area (Å²) in [4.78, 5) is 25.9. The molecule has 0 bridgehead atoms. The van der Waals surface area contributed by atoms with E-state index in [1.165, 1.54) is 0 Å². The number of nitrogens with one attached hydrogen (secondary N) is 1. The van der Waals surface area contributed by atoms with E-state index in [-0.39, 0.29) is 12.1 Å². The molecule has 0 saturated carbocycles. The first-order valence-electron chi connectivity index (χ1n) is 7.75. The standard InChI is InChI=1S/C18H16Cl2N2O3/c1-10-8-13(17(23)24)12-4-2-3-5-16(12)22(10)18(25)21-11-6-7-14(19)15(20)9-11/h2-7,9-10,13H,8H2,1H3,(H,21,25)(H,23,24). The molecular formula is C18H16Cl2N2O3. The van der Waals surface area contributed by atoms with Crippen LogP contribution < -0.4 is 10.2 Å². The molecule has 0 spiro atoms. The van der Waals surface area contributed by atoms with Crippen molar-refractivity contribution >= 4 is 46.6 Å². The minimum atomic E-state index is -0.885.